The Morgan fingerprint density at radius 1 is 1.47 bits per heavy atom. The van der Waals surface area contributed by atoms with Gasteiger partial charge in [0.2, 0.25) is 5.91 Å². The minimum atomic E-state index is -0.338. The van der Waals surface area contributed by atoms with Crippen molar-refractivity contribution in [3.8, 4) is 0 Å². The van der Waals surface area contributed by atoms with Gasteiger partial charge in [0, 0.05) is 29.5 Å². The number of carbonyl (C=O) groups is 1. The van der Waals surface area contributed by atoms with E-state index in [9.17, 15) is 9.18 Å². The predicted molar refractivity (Wildman–Crippen MR) is 76.1 cm³/mol. The van der Waals surface area contributed by atoms with Gasteiger partial charge in [-0.25, -0.2) is 4.39 Å². The summed E-state index contributed by atoms with van der Waals surface area (Å²) in [6.07, 6.45) is 2.18. The lowest BCUT2D eigenvalue weighted by Crippen LogP contribution is -2.33. The maximum Gasteiger partial charge on any atom is 0.222 e. The number of halogens is 2. The van der Waals surface area contributed by atoms with Gasteiger partial charge < -0.3 is 10.0 Å². The molecule has 0 atom stereocenters. The zero-order valence-electron chi connectivity index (χ0n) is 11.0. The molecule has 1 amide bonds. The molecular weight excluding hydrogens is 313 g/mol. The van der Waals surface area contributed by atoms with E-state index in [0.29, 0.717) is 12.0 Å². The Balaban J connectivity index is 2.77. The molecule has 1 N–H and O–H groups in total. The third-order valence-corrected chi connectivity index (χ3v) is 3.33. The highest BCUT2D eigenvalue weighted by atomic mass is 79.9. The van der Waals surface area contributed by atoms with Gasteiger partial charge in [-0.05, 0) is 24.6 Å². The first kappa shape index (κ1) is 16.1. The molecule has 0 fully saturated rings. The van der Waals surface area contributed by atoms with Gasteiger partial charge in [0.15, 0.2) is 0 Å². The second-order valence-electron chi connectivity index (χ2n) is 4.38. The number of nitrogens with zero attached hydrogens (tertiary/aromatic N) is 1. The van der Waals surface area contributed by atoms with Crippen LogP contribution in [0.4, 0.5) is 4.39 Å². The first-order valence-electron chi connectivity index (χ1n) is 6.41. The fraction of sp³-hybridized carbons (Fsp3) is 0.500. The number of aliphatic hydroxyl groups excluding tert-OH is 1. The fourth-order valence-electron chi connectivity index (χ4n) is 1.77. The van der Waals surface area contributed by atoms with Crippen molar-refractivity contribution in [1.29, 1.82) is 0 Å². The molecule has 0 saturated carbocycles. The molecule has 0 aliphatic carbocycles. The summed E-state index contributed by atoms with van der Waals surface area (Å²) in [5.41, 5.74) is 0.452. The van der Waals surface area contributed by atoms with Crippen LogP contribution < -0.4 is 0 Å². The Kier molecular flexibility index (Phi) is 7.02. The van der Waals surface area contributed by atoms with Gasteiger partial charge in [0.1, 0.15) is 5.82 Å². The topological polar surface area (TPSA) is 40.5 Å². The van der Waals surface area contributed by atoms with Crippen LogP contribution in [0.1, 0.15) is 31.7 Å². The molecule has 0 saturated heterocycles. The summed E-state index contributed by atoms with van der Waals surface area (Å²) in [6.45, 7) is 2.31. The molecule has 19 heavy (non-hydrogen) atoms. The van der Waals surface area contributed by atoms with Crippen LogP contribution in [-0.2, 0) is 11.3 Å². The Morgan fingerprint density at radius 3 is 2.84 bits per heavy atom. The van der Waals surface area contributed by atoms with Gasteiger partial charge in [-0.1, -0.05) is 29.3 Å². The number of benzene rings is 1. The highest BCUT2D eigenvalue weighted by Gasteiger charge is 2.15. The Labute approximate surface area is 121 Å². The minimum absolute atomic E-state index is 0.0460. The number of rotatable bonds is 7. The standard InChI is InChI=1S/C14H19BrFNO2/c1-2-3-4-14(19)17(7-8-18)10-11-9-12(15)5-6-13(11)16/h5-6,9,18H,2-4,7-8,10H2,1H3. The predicted octanol–water partition coefficient (Wildman–Crippen LogP) is 3.10. The Bertz CT molecular complexity index is 426. The third kappa shape index (κ3) is 5.28. The fourth-order valence-corrected chi connectivity index (χ4v) is 2.18. The summed E-state index contributed by atoms with van der Waals surface area (Å²) in [5.74, 6) is -0.385. The van der Waals surface area contributed by atoms with Crippen molar-refractivity contribution in [2.24, 2.45) is 0 Å². The lowest BCUT2D eigenvalue weighted by Gasteiger charge is -2.22. The van der Waals surface area contributed by atoms with Crippen LogP contribution in [0, 0.1) is 5.82 Å². The lowest BCUT2D eigenvalue weighted by molar-refractivity contribution is -0.132. The summed E-state index contributed by atoms with van der Waals surface area (Å²) >= 11 is 3.28. The van der Waals surface area contributed by atoms with Gasteiger partial charge in [0.05, 0.1) is 6.61 Å². The molecule has 5 heteroatoms. The largest absolute Gasteiger partial charge is 0.395 e. The first-order valence-corrected chi connectivity index (χ1v) is 7.20. The van der Waals surface area contributed by atoms with Crippen molar-refractivity contribution in [3.05, 3.63) is 34.1 Å². The molecule has 1 aromatic carbocycles. The molecule has 0 heterocycles. The Hall–Kier alpha value is -0.940. The Morgan fingerprint density at radius 2 is 2.21 bits per heavy atom. The molecular formula is C14H19BrFNO2. The molecule has 0 spiro atoms. The van der Waals surface area contributed by atoms with Crippen molar-refractivity contribution in [3.63, 3.8) is 0 Å². The minimum Gasteiger partial charge on any atom is -0.395 e. The first-order chi connectivity index (χ1) is 9.08. The van der Waals surface area contributed by atoms with E-state index in [1.807, 2.05) is 6.92 Å². The number of carbonyl (C=O) groups excluding carboxylic acids is 1. The second-order valence-corrected chi connectivity index (χ2v) is 5.29. The van der Waals surface area contributed by atoms with Crippen molar-refractivity contribution < 1.29 is 14.3 Å². The van der Waals surface area contributed by atoms with E-state index in [-0.39, 0.29) is 31.4 Å². The second kappa shape index (κ2) is 8.27. The highest BCUT2D eigenvalue weighted by Crippen LogP contribution is 2.17. The van der Waals surface area contributed by atoms with Crippen molar-refractivity contribution in [1.82, 2.24) is 4.90 Å². The highest BCUT2D eigenvalue weighted by molar-refractivity contribution is 9.10. The average molecular weight is 332 g/mol. The molecule has 1 rings (SSSR count). The van der Waals surface area contributed by atoms with E-state index < -0.39 is 0 Å². The number of hydrogen-bond acceptors (Lipinski definition) is 2. The molecule has 0 aliphatic heterocycles. The normalized spacial score (nSPS) is 10.5. The molecule has 0 unspecified atom stereocenters. The summed E-state index contributed by atoms with van der Waals surface area (Å²) in [6, 6.07) is 4.65. The van der Waals surface area contributed by atoms with E-state index in [1.54, 1.807) is 12.1 Å². The molecule has 106 valence electrons. The summed E-state index contributed by atoms with van der Waals surface area (Å²) in [7, 11) is 0. The van der Waals surface area contributed by atoms with Gasteiger partial charge in [-0.15, -0.1) is 0 Å². The van der Waals surface area contributed by atoms with E-state index in [1.165, 1.54) is 11.0 Å². The monoisotopic (exact) mass is 331 g/mol. The quantitative estimate of drug-likeness (QED) is 0.834. The zero-order chi connectivity index (χ0) is 14.3. The molecule has 0 bridgehead atoms. The average Bonchev–Trinajstić information content (AvgIpc) is 2.39. The van der Waals surface area contributed by atoms with Crippen LogP contribution >= 0.6 is 15.9 Å². The smallest absolute Gasteiger partial charge is 0.222 e. The van der Waals surface area contributed by atoms with Crippen molar-refractivity contribution in [2.45, 2.75) is 32.7 Å². The summed E-state index contributed by atoms with van der Waals surface area (Å²) in [5, 5.41) is 9.02. The molecule has 0 radical (unpaired) electrons. The zero-order valence-corrected chi connectivity index (χ0v) is 12.6. The molecule has 1 aromatic rings. The van der Waals surface area contributed by atoms with Crippen LogP contribution in [0.25, 0.3) is 0 Å². The summed E-state index contributed by atoms with van der Waals surface area (Å²) in [4.78, 5) is 13.5. The van der Waals surface area contributed by atoms with Crippen LogP contribution in [0.2, 0.25) is 0 Å². The molecule has 0 aliphatic rings. The number of aliphatic hydroxyl groups is 1. The molecule has 3 nitrogen and oxygen atoms in total. The lowest BCUT2D eigenvalue weighted by atomic mass is 10.1. The molecule has 0 aromatic heterocycles. The van der Waals surface area contributed by atoms with Gasteiger partial charge in [-0.3, -0.25) is 4.79 Å². The number of hydrogen-bond donors (Lipinski definition) is 1. The van der Waals surface area contributed by atoms with Gasteiger partial charge in [0.25, 0.3) is 0 Å². The number of amides is 1. The van der Waals surface area contributed by atoms with Crippen LogP contribution in [0.3, 0.4) is 0 Å². The SMILES string of the molecule is CCCCC(=O)N(CCO)Cc1cc(Br)ccc1F. The van der Waals surface area contributed by atoms with Gasteiger partial charge in [-0.2, -0.15) is 0 Å². The van der Waals surface area contributed by atoms with E-state index in [0.717, 1.165) is 17.3 Å². The van der Waals surface area contributed by atoms with Crippen molar-refractivity contribution in [2.75, 3.05) is 13.2 Å². The number of unbranched alkanes of at least 4 members (excludes halogenated alkanes) is 1. The third-order valence-electron chi connectivity index (χ3n) is 2.84. The van der Waals surface area contributed by atoms with Crippen LogP contribution in [-0.4, -0.2) is 29.1 Å². The maximum absolute atomic E-state index is 13.7. The maximum atomic E-state index is 13.7. The van der Waals surface area contributed by atoms with Crippen LogP contribution in [0.5, 0.6) is 0 Å². The van der Waals surface area contributed by atoms with E-state index >= 15 is 0 Å². The van der Waals surface area contributed by atoms with E-state index in [4.69, 9.17) is 5.11 Å². The summed E-state index contributed by atoms with van der Waals surface area (Å²) < 4.78 is 14.4. The van der Waals surface area contributed by atoms with E-state index in [2.05, 4.69) is 15.9 Å². The van der Waals surface area contributed by atoms with Crippen molar-refractivity contribution >= 4 is 21.8 Å². The van der Waals surface area contributed by atoms with Crippen LogP contribution in [0.15, 0.2) is 22.7 Å². The van der Waals surface area contributed by atoms with Gasteiger partial charge >= 0.3 is 0 Å².